The molecule has 3 nitrogen and oxygen atoms in total. The molecule has 4 heteroatoms. The molecule has 0 atom stereocenters. The summed E-state index contributed by atoms with van der Waals surface area (Å²) in [5.74, 6) is 1.15. The third-order valence-electron chi connectivity index (χ3n) is 3.04. The third-order valence-corrected chi connectivity index (χ3v) is 3.31. The Morgan fingerprint density at radius 3 is 2.53 bits per heavy atom. The summed E-state index contributed by atoms with van der Waals surface area (Å²) in [6.45, 7) is 4.68. The Bertz CT molecular complexity index is 418. The van der Waals surface area contributed by atoms with Crippen molar-refractivity contribution in [3.63, 3.8) is 0 Å². The van der Waals surface area contributed by atoms with Crippen molar-refractivity contribution in [1.29, 1.82) is 0 Å². The molecule has 1 aromatic rings. The van der Waals surface area contributed by atoms with Crippen LogP contribution in [0.5, 0.6) is 5.75 Å². The molecule has 0 aliphatic carbocycles. The van der Waals surface area contributed by atoms with E-state index in [-0.39, 0.29) is 11.7 Å². The minimum absolute atomic E-state index is 0.0289. The molecule has 0 fully saturated rings. The highest BCUT2D eigenvalue weighted by Gasteiger charge is 2.11. The molecule has 0 saturated carbocycles. The van der Waals surface area contributed by atoms with Gasteiger partial charge in [0.1, 0.15) is 5.75 Å². The summed E-state index contributed by atoms with van der Waals surface area (Å²) in [4.78, 5) is 13.1. The van der Waals surface area contributed by atoms with Gasteiger partial charge in [0.2, 0.25) is 5.91 Å². The molecule has 1 aromatic carbocycles. The zero-order valence-corrected chi connectivity index (χ0v) is 11.7. The first kappa shape index (κ1) is 13.9. The van der Waals surface area contributed by atoms with E-state index in [1.54, 1.807) is 19.1 Å². The predicted molar refractivity (Wildman–Crippen MR) is 72.8 cm³/mol. The third kappa shape index (κ3) is 3.16. The summed E-state index contributed by atoms with van der Waals surface area (Å²) in [5.41, 5.74) is 3.43. The van der Waals surface area contributed by atoms with Crippen molar-refractivity contribution in [3.8, 4) is 5.75 Å². The molecule has 17 heavy (non-hydrogen) atoms. The second-order valence-corrected chi connectivity index (χ2v) is 4.40. The quantitative estimate of drug-likeness (QED) is 0.834. The van der Waals surface area contributed by atoms with E-state index in [9.17, 15) is 4.79 Å². The standard InChI is InChI=1S/C13H19NO2S/c1-9-10(2)12(16-4)6-5-11(9)7-14(3)13(15)8-17/h5-6,17H,7-8H2,1-4H3. The Morgan fingerprint density at radius 1 is 1.35 bits per heavy atom. The van der Waals surface area contributed by atoms with Gasteiger partial charge in [-0.1, -0.05) is 6.07 Å². The summed E-state index contributed by atoms with van der Waals surface area (Å²) >= 11 is 3.99. The van der Waals surface area contributed by atoms with Crippen molar-refractivity contribution in [2.24, 2.45) is 0 Å². The molecule has 0 aromatic heterocycles. The molecular weight excluding hydrogens is 234 g/mol. The SMILES string of the molecule is COc1ccc(CN(C)C(=O)CS)c(C)c1C. The van der Waals surface area contributed by atoms with E-state index >= 15 is 0 Å². The van der Waals surface area contributed by atoms with E-state index in [1.165, 1.54) is 5.56 Å². The molecule has 0 aliphatic rings. The van der Waals surface area contributed by atoms with E-state index in [4.69, 9.17) is 4.74 Å². The minimum Gasteiger partial charge on any atom is -0.496 e. The summed E-state index contributed by atoms with van der Waals surface area (Å²) in [6.07, 6.45) is 0. The van der Waals surface area contributed by atoms with E-state index in [0.29, 0.717) is 6.54 Å². The van der Waals surface area contributed by atoms with Crippen molar-refractivity contribution >= 4 is 18.5 Å². The zero-order chi connectivity index (χ0) is 13.0. The number of thiol groups is 1. The molecule has 0 heterocycles. The highest BCUT2D eigenvalue weighted by Crippen LogP contribution is 2.24. The fourth-order valence-corrected chi connectivity index (χ4v) is 1.95. The molecule has 0 N–H and O–H groups in total. The first-order valence-electron chi connectivity index (χ1n) is 5.49. The van der Waals surface area contributed by atoms with Gasteiger partial charge in [-0.2, -0.15) is 12.6 Å². The monoisotopic (exact) mass is 253 g/mol. The molecule has 1 rings (SSSR count). The summed E-state index contributed by atoms with van der Waals surface area (Å²) in [6, 6.07) is 3.94. The number of hydrogen-bond acceptors (Lipinski definition) is 3. The lowest BCUT2D eigenvalue weighted by molar-refractivity contribution is -0.127. The van der Waals surface area contributed by atoms with Crippen LogP contribution in [0.25, 0.3) is 0 Å². The van der Waals surface area contributed by atoms with Crippen LogP contribution in [0.15, 0.2) is 12.1 Å². The summed E-state index contributed by atoms with van der Waals surface area (Å²) < 4.78 is 5.26. The van der Waals surface area contributed by atoms with Crippen LogP contribution >= 0.6 is 12.6 Å². The molecule has 0 aliphatic heterocycles. The average Bonchev–Trinajstić information content (AvgIpc) is 2.34. The van der Waals surface area contributed by atoms with Crippen LogP contribution in [-0.4, -0.2) is 30.7 Å². The molecule has 0 unspecified atom stereocenters. The maximum Gasteiger partial charge on any atom is 0.232 e. The van der Waals surface area contributed by atoms with Crippen LogP contribution < -0.4 is 4.74 Å². The molecule has 94 valence electrons. The molecule has 1 amide bonds. The second kappa shape index (κ2) is 5.96. The number of methoxy groups -OCH3 is 1. The van der Waals surface area contributed by atoms with Gasteiger partial charge in [-0.15, -0.1) is 0 Å². The smallest absolute Gasteiger partial charge is 0.232 e. The zero-order valence-electron chi connectivity index (χ0n) is 10.8. The number of benzene rings is 1. The second-order valence-electron chi connectivity index (χ2n) is 4.08. The van der Waals surface area contributed by atoms with Gasteiger partial charge in [-0.3, -0.25) is 4.79 Å². The number of nitrogens with zero attached hydrogens (tertiary/aromatic N) is 1. The van der Waals surface area contributed by atoms with Crippen LogP contribution in [-0.2, 0) is 11.3 Å². The number of amides is 1. The highest BCUT2D eigenvalue weighted by atomic mass is 32.1. The van der Waals surface area contributed by atoms with Gasteiger partial charge in [-0.25, -0.2) is 0 Å². The lowest BCUT2D eigenvalue weighted by Gasteiger charge is -2.19. The lowest BCUT2D eigenvalue weighted by atomic mass is 10.0. The van der Waals surface area contributed by atoms with Gasteiger partial charge in [0.15, 0.2) is 0 Å². The Labute approximate surface area is 108 Å². The van der Waals surface area contributed by atoms with Crippen molar-refractivity contribution in [3.05, 3.63) is 28.8 Å². The van der Waals surface area contributed by atoms with E-state index < -0.39 is 0 Å². The van der Waals surface area contributed by atoms with Gasteiger partial charge < -0.3 is 9.64 Å². The lowest BCUT2D eigenvalue weighted by Crippen LogP contribution is -2.27. The Balaban J connectivity index is 2.93. The van der Waals surface area contributed by atoms with Crippen LogP contribution in [0.2, 0.25) is 0 Å². The highest BCUT2D eigenvalue weighted by molar-refractivity contribution is 7.81. The van der Waals surface area contributed by atoms with Gasteiger partial charge in [0, 0.05) is 13.6 Å². The normalized spacial score (nSPS) is 10.2. The molecule has 0 saturated heterocycles. The maximum atomic E-state index is 11.5. The number of hydrogen-bond donors (Lipinski definition) is 1. The topological polar surface area (TPSA) is 29.5 Å². The van der Waals surface area contributed by atoms with Crippen LogP contribution in [0.1, 0.15) is 16.7 Å². The number of carbonyl (C=O) groups excluding carboxylic acids is 1. The number of ether oxygens (including phenoxy) is 1. The largest absolute Gasteiger partial charge is 0.496 e. The molecule has 0 spiro atoms. The van der Waals surface area contributed by atoms with Crippen LogP contribution in [0.4, 0.5) is 0 Å². The minimum atomic E-state index is 0.0289. The van der Waals surface area contributed by atoms with Gasteiger partial charge in [0.05, 0.1) is 12.9 Å². The molecular formula is C13H19NO2S. The Kier molecular flexibility index (Phi) is 4.87. The van der Waals surface area contributed by atoms with E-state index in [1.807, 2.05) is 26.0 Å². The van der Waals surface area contributed by atoms with E-state index in [2.05, 4.69) is 12.6 Å². The summed E-state index contributed by atoms with van der Waals surface area (Å²) in [7, 11) is 3.45. The number of rotatable bonds is 4. The predicted octanol–water partition coefficient (Wildman–Crippen LogP) is 2.20. The first-order chi connectivity index (χ1) is 8.01. The maximum absolute atomic E-state index is 11.5. The van der Waals surface area contributed by atoms with Crippen molar-refractivity contribution < 1.29 is 9.53 Å². The van der Waals surface area contributed by atoms with Crippen molar-refractivity contribution in [1.82, 2.24) is 4.90 Å². The molecule has 0 bridgehead atoms. The summed E-state index contributed by atoms with van der Waals surface area (Å²) in [5, 5.41) is 0. The molecule has 0 radical (unpaired) electrons. The van der Waals surface area contributed by atoms with Crippen molar-refractivity contribution in [2.75, 3.05) is 19.9 Å². The fourth-order valence-electron chi connectivity index (χ4n) is 1.71. The van der Waals surface area contributed by atoms with E-state index in [0.717, 1.165) is 16.9 Å². The van der Waals surface area contributed by atoms with Gasteiger partial charge in [-0.05, 0) is 36.6 Å². The van der Waals surface area contributed by atoms with Crippen LogP contribution in [0.3, 0.4) is 0 Å². The Hall–Kier alpha value is -1.16. The van der Waals surface area contributed by atoms with Crippen molar-refractivity contribution in [2.45, 2.75) is 20.4 Å². The first-order valence-corrected chi connectivity index (χ1v) is 6.12. The van der Waals surface area contributed by atoms with Gasteiger partial charge in [0.25, 0.3) is 0 Å². The van der Waals surface area contributed by atoms with Gasteiger partial charge >= 0.3 is 0 Å². The fraction of sp³-hybridized carbons (Fsp3) is 0.462. The van der Waals surface area contributed by atoms with Crippen LogP contribution in [0, 0.1) is 13.8 Å². The average molecular weight is 253 g/mol. The number of carbonyl (C=O) groups is 1. The Morgan fingerprint density at radius 2 is 2.00 bits per heavy atom.